The molecule has 0 nitrogen and oxygen atoms in total. The molecule has 1 radical (unpaired) electrons. The van der Waals surface area contributed by atoms with Gasteiger partial charge in [-0.3, -0.25) is 6.08 Å². The minimum Gasteiger partial charge on any atom is -0.358 e. The first-order valence-electron chi connectivity index (χ1n) is 9.26. The minimum atomic E-state index is -1.29. The van der Waals surface area contributed by atoms with Crippen LogP contribution < -0.4 is 0 Å². The fourth-order valence-corrected chi connectivity index (χ4v) is 18.8. The van der Waals surface area contributed by atoms with Crippen LogP contribution in [-0.2, 0) is 17.4 Å². The standard InChI is InChI=1S/C19H32PSi.4CH3.2ClH.Cr/c1-21(2,19-15-9-10-16-19)20(17-11-5-3-6-12-17)18-13-7-4-8-14-18;;;;;;;/h9,15,17-18H,3-8,10-14H2,1-2H3;4*1H3;2*1H;/q5*-1;;;+5. The van der Waals surface area contributed by atoms with Crippen molar-refractivity contribution in [2.45, 2.75) is 95.0 Å². The number of halogens is 2. The number of hydrogen-bond acceptors (Lipinski definition) is 0. The minimum absolute atomic E-state index is 0. The molecule has 3 aliphatic rings. The van der Waals surface area contributed by atoms with E-state index in [1.807, 2.05) is 0 Å². The Balaban J connectivity index is -0.000000252. The van der Waals surface area contributed by atoms with Gasteiger partial charge < -0.3 is 29.7 Å². The molecule has 0 amide bonds. The van der Waals surface area contributed by atoms with Crippen molar-refractivity contribution in [3.8, 4) is 0 Å². The van der Waals surface area contributed by atoms with E-state index in [9.17, 15) is 0 Å². The summed E-state index contributed by atoms with van der Waals surface area (Å²) in [6.45, 7) is 5.39. The van der Waals surface area contributed by atoms with Crippen molar-refractivity contribution in [3.63, 3.8) is 0 Å². The third-order valence-electron chi connectivity index (χ3n) is 5.94. The average Bonchev–Trinajstić information content (AvgIpc) is 3.04. The molecule has 0 aliphatic heterocycles. The van der Waals surface area contributed by atoms with E-state index in [1.54, 1.807) is 30.9 Å². The van der Waals surface area contributed by atoms with Crippen LogP contribution in [0, 0.1) is 35.8 Å². The summed E-state index contributed by atoms with van der Waals surface area (Å²) in [4.78, 5) is 0. The van der Waals surface area contributed by atoms with Gasteiger partial charge in [-0.1, -0.05) is 51.6 Å². The predicted octanol–water partition coefficient (Wildman–Crippen LogP) is 9.21. The van der Waals surface area contributed by atoms with Crippen LogP contribution in [-0.4, -0.2) is 19.1 Å². The van der Waals surface area contributed by atoms with Gasteiger partial charge in [0.15, 0.2) is 0 Å². The Labute approximate surface area is 204 Å². The average molecular weight is 505 g/mol. The van der Waals surface area contributed by atoms with Gasteiger partial charge in [0.2, 0.25) is 0 Å². The largest absolute Gasteiger partial charge is 5.00 e. The van der Waals surface area contributed by atoms with Gasteiger partial charge in [0.1, 0.15) is 0 Å². The van der Waals surface area contributed by atoms with E-state index < -0.39 is 7.74 Å². The summed E-state index contributed by atoms with van der Waals surface area (Å²) in [7, 11) is -1.05. The second-order valence-corrected chi connectivity index (χ2v) is 18.6. The Morgan fingerprint density at radius 2 is 1.18 bits per heavy atom. The Bertz CT molecular complexity index is 397. The number of rotatable bonds is 4. The molecule has 0 aromatic rings. The first kappa shape index (κ1) is 39.7. The second-order valence-electron chi connectivity index (χ2n) is 7.75. The fourth-order valence-electron chi connectivity index (χ4n) is 4.89. The van der Waals surface area contributed by atoms with Gasteiger partial charge in [0.25, 0.3) is 0 Å². The van der Waals surface area contributed by atoms with Gasteiger partial charge in [-0.25, -0.2) is 11.3 Å². The van der Waals surface area contributed by atoms with Crippen LogP contribution in [0.15, 0.2) is 17.3 Å². The van der Waals surface area contributed by atoms with E-state index in [-0.39, 0.29) is 79.4 Å². The van der Waals surface area contributed by atoms with Crippen molar-refractivity contribution in [2.75, 3.05) is 0 Å². The van der Waals surface area contributed by atoms with Gasteiger partial charge in [0, 0.05) is 0 Å². The van der Waals surface area contributed by atoms with Crippen molar-refractivity contribution in [1.29, 1.82) is 0 Å². The van der Waals surface area contributed by atoms with E-state index in [2.05, 4.69) is 31.3 Å². The van der Waals surface area contributed by atoms with Crippen LogP contribution in [0.5, 0.6) is 0 Å². The Morgan fingerprint density at radius 3 is 1.50 bits per heavy atom. The molecule has 28 heavy (non-hydrogen) atoms. The maximum absolute atomic E-state index is 3.74. The predicted molar refractivity (Wildman–Crippen MR) is 139 cm³/mol. The molecule has 3 aliphatic carbocycles. The Morgan fingerprint density at radius 1 is 0.786 bits per heavy atom. The van der Waals surface area contributed by atoms with Crippen molar-refractivity contribution >= 4 is 40.0 Å². The van der Waals surface area contributed by atoms with Crippen molar-refractivity contribution in [3.05, 3.63) is 53.1 Å². The molecular formula is C23H46Cl2CrPSi. The van der Waals surface area contributed by atoms with Gasteiger partial charge >= 0.3 is 17.4 Å². The molecule has 0 spiro atoms. The fraction of sp³-hybridized carbons (Fsp3) is 0.652. The number of allylic oxidation sites excluding steroid dienone is 4. The molecule has 0 bridgehead atoms. The zero-order chi connectivity index (χ0) is 14.7. The van der Waals surface area contributed by atoms with Crippen LogP contribution in [0.25, 0.3) is 0 Å². The molecule has 0 aromatic heterocycles. The normalized spacial score (nSPS) is 19.2. The SMILES string of the molecule is C[Si](C)(C1=[C-]CC=C1)P(C1CCCCC1)C1CCCCC1.Cl.Cl.[CH3-].[CH3-].[CH3-].[CH3-].[Cr+5]. The molecule has 0 saturated heterocycles. The van der Waals surface area contributed by atoms with Crippen LogP contribution in [0.2, 0.25) is 13.1 Å². The van der Waals surface area contributed by atoms with E-state index in [1.165, 1.54) is 38.5 Å². The zero-order valence-corrected chi connectivity index (χ0v) is 24.1. The molecule has 0 aromatic carbocycles. The molecule has 3 rings (SSSR count). The summed E-state index contributed by atoms with van der Waals surface area (Å²) >= 11 is 0. The molecule has 0 N–H and O–H groups in total. The topological polar surface area (TPSA) is 0 Å². The third kappa shape index (κ3) is 9.58. The molecule has 0 atom stereocenters. The monoisotopic (exact) mass is 503 g/mol. The van der Waals surface area contributed by atoms with Crippen LogP contribution in [0.1, 0.15) is 70.6 Å². The first-order valence-corrected chi connectivity index (χ1v) is 14.6. The van der Waals surface area contributed by atoms with Gasteiger partial charge in [-0.2, -0.15) is 6.08 Å². The summed E-state index contributed by atoms with van der Waals surface area (Å²) < 4.78 is 0. The quantitative estimate of drug-likeness (QED) is 0.203. The van der Waals surface area contributed by atoms with Crippen LogP contribution >= 0.6 is 32.3 Å². The molecule has 2 fully saturated rings. The molecule has 2 saturated carbocycles. The molecule has 0 heterocycles. The number of hydrogen-bond donors (Lipinski definition) is 0. The van der Waals surface area contributed by atoms with Crippen molar-refractivity contribution in [1.82, 2.24) is 0 Å². The summed E-state index contributed by atoms with van der Waals surface area (Å²) in [5.74, 6) is 0. The molecular weight excluding hydrogens is 458 g/mol. The van der Waals surface area contributed by atoms with Crippen LogP contribution in [0.3, 0.4) is 0 Å². The van der Waals surface area contributed by atoms with Crippen LogP contribution in [0.4, 0.5) is 0 Å². The van der Waals surface area contributed by atoms with Gasteiger partial charge in [-0.05, 0) is 37.0 Å². The smallest absolute Gasteiger partial charge is 0.358 e. The molecule has 167 valence electrons. The first-order chi connectivity index (χ1) is 10.2. The van der Waals surface area contributed by atoms with E-state index >= 15 is 0 Å². The Kier molecular flexibility index (Phi) is 26.9. The summed E-state index contributed by atoms with van der Waals surface area (Å²) in [6, 6.07) is 0. The maximum atomic E-state index is 3.74. The second kappa shape index (κ2) is 19.0. The van der Waals surface area contributed by atoms with E-state index in [4.69, 9.17) is 0 Å². The maximum Gasteiger partial charge on any atom is 5.00 e. The van der Waals surface area contributed by atoms with E-state index in [0.29, 0.717) is 0 Å². The Hall–Kier alpha value is 1.24. The van der Waals surface area contributed by atoms with Crippen molar-refractivity contribution < 1.29 is 17.4 Å². The zero-order valence-electron chi connectivity index (χ0n) is 19.3. The molecule has 5 heteroatoms. The van der Waals surface area contributed by atoms with Crippen molar-refractivity contribution in [2.24, 2.45) is 0 Å². The summed E-state index contributed by atoms with van der Waals surface area (Å²) in [6.07, 6.45) is 24.9. The summed E-state index contributed by atoms with van der Waals surface area (Å²) in [5.41, 5.74) is 2.20. The third-order valence-corrected chi connectivity index (χ3v) is 18.3. The van der Waals surface area contributed by atoms with E-state index in [0.717, 1.165) is 17.7 Å². The summed E-state index contributed by atoms with van der Waals surface area (Å²) in [5, 5.41) is 1.68. The van der Waals surface area contributed by atoms with Gasteiger partial charge in [-0.15, -0.1) is 38.7 Å². The molecule has 0 unspecified atom stereocenters. The van der Waals surface area contributed by atoms with Gasteiger partial charge in [0.05, 0.1) is 7.74 Å².